The quantitative estimate of drug-likeness (QED) is 0.508. The van der Waals surface area contributed by atoms with Crippen molar-refractivity contribution < 1.29 is 9.59 Å². The molecule has 0 radical (unpaired) electrons. The van der Waals surface area contributed by atoms with Crippen LogP contribution in [0.25, 0.3) is 10.4 Å². The van der Waals surface area contributed by atoms with E-state index in [0.717, 1.165) is 5.56 Å². The van der Waals surface area contributed by atoms with E-state index in [2.05, 4.69) is 10.0 Å². The number of azide groups is 1. The molecule has 1 heterocycles. The van der Waals surface area contributed by atoms with Gasteiger partial charge in [0.05, 0.1) is 0 Å². The Hall–Kier alpha value is -2.53. The van der Waals surface area contributed by atoms with Gasteiger partial charge in [-0.2, -0.15) is 0 Å². The van der Waals surface area contributed by atoms with Crippen LogP contribution in [0, 0.1) is 0 Å². The van der Waals surface area contributed by atoms with Crippen LogP contribution in [0.3, 0.4) is 0 Å². The minimum Gasteiger partial charge on any atom is -0.368 e. The number of nitrogens with zero attached hydrogens (tertiary/aromatic N) is 4. The van der Waals surface area contributed by atoms with Crippen molar-refractivity contribution in [2.75, 3.05) is 6.54 Å². The normalized spacial score (nSPS) is 19.2. The summed E-state index contributed by atoms with van der Waals surface area (Å²) in [6.45, 7) is 2.33. The molecule has 1 saturated heterocycles. The van der Waals surface area contributed by atoms with E-state index < -0.39 is 11.9 Å². The highest BCUT2D eigenvalue weighted by Gasteiger charge is 2.36. The maximum absolute atomic E-state index is 12.1. The van der Waals surface area contributed by atoms with Gasteiger partial charge >= 0.3 is 0 Å². The zero-order valence-electron chi connectivity index (χ0n) is 11.8. The average molecular weight is 287 g/mol. The second-order valence-electron chi connectivity index (χ2n) is 5.05. The summed E-state index contributed by atoms with van der Waals surface area (Å²) in [6, 6.07) is 6.58. The summed E-state index contributed by atoms with van der Waals surface area (Å²) < 4.78 is 0. The third-order valence-corrected chi connectivity index (χ3v) is 3.77. The fourth-order valence-electron chi connectivity index (χ4n) is 2.70. The first kappa shape index (κ1) is 14.9. The van der Waals surface area contributed by atoms with E-state index in [9.17, 15) is 9.59 Å². The zero-order valence-corrected chi connectivity index (χ0v) is 11.8. The number of carbonyl (C=O) groups is 2. The van der Waals surface area contributed by atoms with Crippen molar-refractivity contribution in [2.45, 2.75) is 31.7 Å². The number of likely N-dealkylation sites (tertiary alicyclic amines) is 1. The molecule has 2 rings (SSSR count). The van der Waals surface area contributed by atoms with Gasteiger partial charge in [-0.15, -0.1) is 0 Å². The van der Waals surface area contributed by atoms with Crippen LogP contribution in [0.1, 0.15) is 31.2 Å². The number of carbonyl (C=O) groups excluding carboxylic acids is 2. The van der Waals surface area contributed by atoms with E-state index in [0.29, 0.717) is 25.1 Å². The third kappa shape index (κ3) is 3.14. The molecule has 7 nitrogen and oxygen atoms in total. The smallest absolute Gasteiger partial charge is 0.240 e. The van der Waals surface area contributed by atoms with Gasteiger partial charge in [-0.1, -0.05) is 36.3 Å². The fourth-order valence-corrected chi connectivity index (χ4v) is 2.70. The standard InChI is InChI=1S/C14H17N5O2/c1-2-12(14(15)21)19-8-10(7-13(19)20)9-3-5-11(6-4-9)17-18-16/h3-6,10,12H,2,7-8H2,1H3,(H2,15,21)/t10-,12+/m1/s1. The molecular formula is C14H17N5O2. The molecule has 1 aliphatic heterocycles. The number of primary amides is 1. The van der Waals surface area contributed by atoms with E-state index >= 15 is 0 Å². The summed E-state index contributed by atoms with van der Waals surface area (Å²) in [6.07, 6.45) is 0.883. The number of nitrogens with two attached hydrogens (primary N) is 1. The predicted molar refractivity (Wildman–Crippen MR) is 77.6 cm³/mol. The van der Waals surface area contributed by atoms with Crippen LogP contribution in [0.4, 0.5) is 5.69 Å². The van der Waals surface area contributed by atoms with Crippen molar-refractivity contribution in [2.24, 2.45) is 10.8 Å². The molecular weight excluding hydrogens is 270 g/mol. The van der Waals surface area contributed by atoms with Crippen LogP contribution in [-0.4, -0.2) is 29.3 Å². The van der Waals surface area contributed by atoms with Gasteiger partial charge in [-0.3, -0.25) is 9.59 Å². The lowest BCUT2D eigenvalue weighted by atomic mass is 9.98. The van der Waals surface area contributed by atoms with Gasteiger partial charge in [-0.05, 0) is 17.5 Å². The van der Waals surface area contributed by atoms with Crippen LogP contribution in [0.2, 0.25) is 0 Å². The predicted octanol–water partition coefficient (Wildman–Crippen LogP) is 2.21. The van der Waals surface area contributed by atoms with E-state index in [1.165, 1.54) is 0 Å². The number of rotatable bonds is 5. The first-order valence-corrected chi connectivity index (χ1v) is 6.80. The van der Waals surface area contributed by atoms with Crippen LogP contribution < -0.4 is 5.73 Å². The molecule has 110 valence electrons. The highest BCUT2D eigenvalue weighted by molar-refractivity contribution is 5.88. The molecule has 2 N–H and O–H groups in total. The largest absolute Gasteiger partial charge is 0.368 e. The van der Waals surface area contributed by atoms with Crippen LogP contribution in [0.15, 0.2) is 29.4 Å². The average Bonchev–Trinajstić information content (AvgIpc) is 2.83. The number of benzene rings is 1. The van der Waals surface area contributed by atoms with Crippen LogP contribution >= 0.6 is 0 Å². The molecule has 1 fully saturated rings. The Bertz CT molecular complexity index is 592. The van der Waals surface area contributed by atoms with Gasteiger partial charge in [0.15, 0.2) is 0 Å². The Kier molecular flexibility index (Phi) is 4.45. The Morgan fingerprint density at radius 1 is 1.52 bits per heavy atom. The molecule has 1 aromatic rings. The number of amides is 2. The van der Waals surface area contributed by atoms with Crippen molar-refractivity contribution in [3.63, 3.8) is 0 Å². The van der Waals surface area contributed by atoms with Gasteiger partial charge in [0.2, 0.25) is 11.8 Å². The van der Waals surface area contributed by atoms with E-state index in [1.54, 1.807) is 17.0 Å². The van der Waals surface area contributed by atoms with E-state index in [-0.39, 0.29) is 11.8 Å². The second-order valence-corrected chi connectivity index (χ2v) is 5.05. The molecule has 0 saturated carbocycles. The third-order valence-electron chi connectivity index (χ3n) is 3.77. The molecule has 21 heavy (non-hydrogen) atoms. The van der Waals surface area contributed by atoms with Gasteiger partial charge in [0, 0.05) is 29.5 Å². The molecule has 0 aliphatic carbocycles. The van der Waals surface area contributed by atoms with Gasteiger partial charge in [-0.25, -0.2) is 0 Å². The lowest BCUT2D eigenvalue weighted by Crippen LogP contribution is -2.45. The Morgan fingerprint density at radius 2 is 2.19 bits per heavy atom. The molecule has 7 heteroatoms. The summed E-state index contributed by atoms with van der Waals surface area (Å²) in [5.41, 5.74) is 15.2. The Labute approximate surface area is 122 Å². The molecule has 0 aromatic heterocycles. The minimum atomic E-state index is -0.537. The molecule has 2 amide bonds. The summed E-state index contributed by atoms with van der Waals surface area (Å²) in [5, 5.41) is 3.51. The molecule has 1 aliphatic rings. The SMILES string of the molecule is CC[C@@H](C(N)=O)N1C[C@H](c2ccc(N=[N+]=[N-])cc2)CC1=O. The van der Waals surface area contributed by atoms with Crippen molar-refractivity contribution in [3.05, 3.63) is 40.3 Å². The number of hydrogen-bond donors (Lipinski definition) is 1. The summed E-state index contributed by atoms with van der Waals surface area (Å²) in [4.78, 5) is 27.8. The van der Waals surface area contributed by atoms with Crippen molar-refractivity contribution in [1.82, 2.24) is 4.90 Å². The van der Waals surface area contributed by atoms with E-state index in [1.807, 2.05) is 19.1 Å². The molecule has 0 unspecified atom stereocenters. The Balaban J connectivity index is 2.15. The summed E-state index contributed by atoms with van der Waals surface area (Å²) >= 11 is 0. The molecule has 1 aromatic carbocycles. The number of hydrogen-bond acceptors (Lipinski definition) is 3. The highest BCUT2D eigenvalue weighted by atomic mass is 16.2. The lowest BCUT2D eigenvalue weighted by Gasteiger charge is -2.24. The maximum Gasteiger partial charge on any atom is 0.240 e. The van der Waals surface area contributed by atoms with Crippen molar-refractivity contribution in [3.8, 4) is 0 Å². The topological polar surface area (TPSA) is 112 Å². The van der Waals surface area contributed by atoms with Crippen LogP contribution in [0.5, 0.6) is 0 Å². The van der Waals surface area contributed by atoms with Gasteiger partial charge in [0.1, 0.15) is 6.04 Å². The lowest BCUT2D eigenvalue weighted by molar-refractivity contribution is -0.136. The first-order valence-electron chi connectivity index (χ1n) is 6.80. The summed E-state index contributed by atoms with van der Waals surface area (Å²) in [7, 11) is 0. The Morgan fingerprint density at radius 3 is 2.71 bits per heavy atom. The van der Waals surface area contributed by atoms with Gasteiger partial charge in [0.25, 0.3) is 0 Å². The fraction of sp³-hybridized carbons (Fsp3) is 0.429. The second kappa shape index (κ2) is 6.28. The minimum absolute atomic E-state index is 0.0333. The monoisotopic (exact) mass is 287 g/mol. The zero-order chi connectivity index (χ0) is 15.4. The highest BCUT2D eigenvalue weighted by Crippen LogP contribution is 2.31. The van der Waals surface area contributed by atoms with Crippen LogP contribution in [-0.2, 0) is 9.59 Å². The maximum atomic E-state index is 12.1. The first-order chi connectivity index (χ1) is 10.1. The van der Waals surface area contributed by atoms with Crippen molar-refractivity contribution in [1.29, 1.82) is 0 Å². The van der Waals surface area contributed by atoms with Gasteiger partial charge < -0.3 is 10.6 Å². The molecule has 2 atom stereocenters. The molecule has 0 bridgehead atoms. The van der Waals surface area contributed by atoms with Crippen molar-refractivity contribution >= 4 is 17.5 Å². The molecule has 0 spiro atoms. The summed E-state index contributed by atoms with van der Waals surface area (Å²) in [5.74, 6) is -0.485. The van der Waals surface area contributed by atoms with E-state index in [4.69, 9.17) is 11.3 Å².